The summed E-state index contributed by atoms with van der Waals surface area (Å²) in [5.74, 6) is 0.0677. The third-order valence-corrected chi connectivity index (χ3v) is 3.69. The van der Waals surface area contributed by atoms with Crippen LogP contribution in [-0.2, 0) is 10.0 Å². The third kappa shape index (κ3) is 2.33. The predicted molar refractivity (Wildman–Crippen MR) is 65.3 cm³/mol. The zero-order valence-electron chi connectivity index (χ0n) is 9.51. The molecular weight excluding hydrogens is 252 g/mol. The first-order chi connectivity index (χ1) is 8.53. The molecule has 1 aromatic heterocycles. The van der Waals surface area contributed by atoms with Gasteiger partial charge in [0.15, 0.2) is 5.82 Å². The molecule has 0 radical (unpaired) electrons. The highest BCUT2D eigenvalue weighted by atomic mass is 32.2. The van der Waals surface area contributed by atoms with Gasteiger partial charge < -0.3 is 0 Å². The number of H-pyrrole nitrogens is 1. The maximum Gasteiger partial charge on any atom is 0.263 e. The van der Waals surface area contributed by atoms with Gasteiger partial charge in [-0.2, -0.15) is 10.4 Å². The molecule has 0 unspecified atom stereocenters. The summed E-state index contributed by atoms with van der Waals surface area (Å²) < 4.78 is 26.3. The smallest absolute Gasteiger partial charge is 0.263 e. The fraction of sp³-hybridized carbons (Fsp3) is 0.0909. The molecule has 0 saturated carbocycles. The van der Waals surface area contributed by atoms with Gasteiger partial charge >= 0.3 is 0 Å². The molecule has 2 rings (SSSR count). The number of aryl methyl sites for hydroxylation is 1. The average Bonchev–Trinajstić information content (AvgIpc) is 2.76. The number of benzene rings is 1. The maximum absolute atomic E-state index is 12.0. The minimum atomic E-state index is -3.70. The SMILES string of the molecule is Cc1ccc(S(=O)(=O)Nc2[nH]ncc2C#N)cc1. The van der Waals surface area contributed by atoms with Gasteiger partial charge in [-0.25, -0.2) is 8.42 Å². The lowest BCUT2D eigenvalue weighted by Crippen LogP contribution is -2.13. The van der Waals surface area contributed by atoms with Crippen LogP contribution in [0.2, 0.25) is 0 Å². The van der Waals surface area contributed by atoms with E-state index in [4.69, 9.17) is 5.26 Å². The second-order valence-corrected chi connectivity index (χ2v) is 5.37. The van der Waals surface area contributed by atoms with Gasteiger partial charge in [-0.15, -0.1) is 0 Å². The van der Waals surface area contributed by atoms with Crippen molar-refractivity contribution in [2.24, 2.45) is 0 Å². The molecule has 0 saturated heterocycles. The van der Waals surface area contributed by atoms with E-state index < -0.39 is 10.0 Å². The Hall–Kier alpha value is -2.33. The van der Waals surface area contributed by atoms with Gasteiger partial charge in [-0.05, 0) is 19.1 Å². The fourth-order valence-corrected chi connectivity index (χ4v) is 2.40. The molecule has 0 atom stereocenters. The summed E-state index contributed by atoms with van der Waals surface area (Å²) in [6.45, 7) is 1.87. The number of aromatic nitrogens is 2. The Bertz CT molecular complexity index is 695. The van der Waals surface area contributed by atoms with Crippen LogP contribution in [0.3, 0.4) is 0 Å². The second-order valence-electron chi connectivity index (χ2n) is 3.69. The van der Waals surface area contributed by atoms with Crippen LogP contribution >= 0.6 is 0 Å². The molecule has 0 aliphatic carbocycles. The quantitative estimate of drug-likeness (QED) is 0.873. The minimum Gasteiger partial charge on any atom is -0.263 e. The van der Waals surface area contributed by atoms with Crippen molar-refractivity contribution < 1.29 is 8.42 Å². The summed E-state index contributed by atoms with van der Waals surface area (Å²) in [4.78, 5) is 0.131. The van der Waals surface area contributed by atoms with Gasteiger partial charge in [0.2, 0.25) is 0 Å². The highest BCUT2D eigenvalue weighted by Crippen LogP contribution is 2.17. The normalized spacial score (nSPS) is 10.9. The zero-order chi connectivity index (χ0) is 13.2. The van der Waals surface area contributed by atoms with E-state index in [0.717, 1.165) is 5.56 Å². The zero-order valence-corrected chi connectivity index (χ0v) is 10.3. The number of rotatable bonds is 3. The van der Waals surface area contributed by atoms with Gasteiger partial charge in [-0.3, -0.25) is 9.82 Å². The van der Waals surface area contributed by atoms with Gasteiger partial charge in [0.25, 0.3) is 10.0 Å². The molecule has 0 amide bonds. The molecule has 92 valence electrons. The van der Waals surface area contributed by atoms with E-state index in [1.54, 1.807) is 12.1 Å². The first-order valence-electron chi connectivity index (χ1n) is 5.06. The van der Waals surface area contributed by atoms with Crippen molar-refractivity contribution in [3.05, 3.63) is 41.6 Å². The van der Waals surface area contributed by atoms with Gasteiger partial charge in [-0.1, -0.05) is 17.7 Å². The van der Waals surface area contributed by atoms with E-state index in [1.807, 2.05) is 13.0 Å². The Labute approximate surface area is 104 Å². The van der Waals surface area contributed by atoms with Crippen molar-refractivity contribution in [2.45, 2.75) is 11.8 Å². The standard InChI is InChI=1S/C11H10N4O2S/c1-8-2-4-10(5-3-8)18(16,17)15-11-9(6-12)7-13-14-11/h2-5,7H,1H3,(H2,13,14,15). The molecule has 1 aromatic carbocycles. The fourth-order valence-electron chi connectivity index (χ4n) is 1.36. The summed E-state index contributed by atoms with van der Waals surface area (Å²) in [5, 5.41) is 14.8. The predicted octanol–water partition coefficient (Wildman–Crippen LogP) is 1.39. The van der Waals surface area contributed by atoms with Crippen molar-refractivity contribution in [1.82, 2.24) is 10.2 Å². The minimum absolute atomic E-state index is 0.0677. The van der Waals surface area contributed by atoms with E-state index in [1.165, 1.54) is 18.3 Å². The highest BCUT2D eigenvalue weighted by molar-refractivity contribution is 7.92. The highest BCUT2D eigenvalue weighted by Gasteiger charge is 2.16. The lowest BCUT2D eigenvalue weighted by Gasteiger charge is -2.06. The first-order valence-corrected chi connectivity index (χ1v) is 6.54. The molecule has 0 aliphatic heterocycles. The number of nitriles is 1. The van der Waals surface area contributed by atoms with E-state index >= 15 is 0 Å². The van der Waals surface area contributed by atoms with Crippen LogP contribution in [0.4, 0.5) is 5.82 Å². The Morgan fingerprint density at radius 3 is 2.61 bits per heavy atom. The number of sulfonamides is 1. The van der Waals surface area contributed by atoms with Crippen molar-refractivity contribution in [3.8, 4) is 6.07 Å². The second kappa shape index (κ2) is 4.50. The topological polar surface area (TPSA) is 98.6 Å². The summed E-state index contributed by atoms with van der Waals surface area (Å²) in [5.41, 5.74) is 1.11. The van der Waals surface area contributed by atoms with Gasteiger partial charge in [0.05, 0.1) is 11.1 Å². The molecule has 0 aliphatic rings. The van der Waals surface area contributed by atoms with Crippen LogP contribution in [0.25, 0.3) is 0 Å². The van der Waals surface area contributed by atoms with Crippen LogP contribution < -0.4 is 4.72 Å². The summed E-state index contributed by atoms with van der Waals surface area (Å²) >= 11 is 0. The number of anilines is 1. The number of nitrogens with zero attached hydrogens (tertiary/aromatic N) is 2. The molecule has 0 spiro atoms. The molecular formula is C11H10N4O2S. The number of aromatic amines is 1. The molecule has 6 nitrogen and oxygen atoms in total. The molecule has 1 heterocycles. The number of hydrogen-bond acceptors (Lipinski definition) is 4. The summed E-state index contributed by atoms with van der Waals surface area (Å²) in [7, 11) is -3.70. The average molecular weight is 262 g/mol. The van der Waals surface area contributed by atoms with E-state index in [9.17, 15) is 8.42 Å². The van der Waals surface area contributed by atoms with Gasteiger partial charge in [0.1, 0.15) is 11.6 Å². The van der Waals surface area contributed by atoms with Crippen molar-refractivity contribution in [2.75, 3.05) is 4.72 Å². The number of hydrogen-bond donors (Lipinski definition) is 2. The summed E-state index contributed by atoms with van der Waals surface area (Å²) in [6, 6.07) is 8.24. The lowest BCUT2D eigenvalue weighted by molar-refractivity contribution is 0.601. The van der Waals surface area contributed by atoms with E-state index in [0.29, 0.717) is 0 Å². The Balaban J connectivity index is 2.34. The third-order valence-electron chi connectivity index (χ3n) is 2.33. The molecule has 0 fully saturated rings. The Morgan fingerprint density at radius 1 is 1.33 bits per heavy atom. The molecule has 18 heavy (non-hydrogen) atoms. The Morgan fingerprint density at radius 2 is 2.00 bits per heavy atom. The first kappa shape index (κ1) is 12.1. The lowest BCUT2D eigenvalue weighted by atomic mass is 10.2. The molecule has 2 aromatic rings. The van der Waals surface area contributed by atoms with Crippen LogP contribution in [0.5, 0.6) is 0 Å². The number of nitrogens with one attached hydrogen (secondary N) is 2. The van der Waals surface area contributed by atoms with Crippen molar-refractivity contribution in [1.29, 1.82) is 5.26 Å². The maximum atomic E-state index is 12.0. The Kier molecular flexibility index (Phi) is 3.04. The largest absolute Gasteiger partial charge is 0.263 e. The van der Waals surface area contributed by atoms with Crippen LogP contribution in [0.15, 0.2) is 35.4 Å². The van der Waals surface area contributed by atoms with Gasteiger partial charge in [0, 0.05) is 0 Å². The monoisotopic (exact) mass is 262 g/mol. The van der Waals surface area contributed by atoms with Crippen LogP contribution in [-0.4, -0.2) is 18.6 Å². The van der Waals surface area contributed by atoms with Crippen molar-refractivity contribution in [3.63, 3.8) is 0 Å². The van der Waals surface area contributed by atoms with E-state index in [2.05, 4.69) is 14.9 Å². The molecule has 7 heteroatoms. The van der Waals surface area contributed by atoms with Crippen LogP contribution in [0.1, 0.15) is 11.1 Å². The van der Waals surface area contributed by atoms with Crippen molar-refractivity contribution >= 4 is 15.8 Å². The molecule has 2 N–H and O–H groups in total. The van der Waals surface area contributed by atoms with E-state index in [-0.39, 0.29) is 16.3 Å². The summed E-state index contributed by atoms with van der Waals surface area (Å²) in [6.07, 6.45) is 1.26. The van der Waals surface area contributed by atoms with Crippen LogP contribution in [0, 0.1) is 18.3 Å². The molecule has 0 bridgehead atoms.